The summed E-state index contributed by atoms with van der Waals surface area (Å²) in [5.74, 6) is -1.96. The van der Waals surface area contributed by atoms with Gasteiger partial charge in [-0.1, -0.05) is 6.07 Å². The summed E-state index contributed by atoms with van der Waals surface area (Å²) in [6.07, 6.45) is 1.29. The van der Waals surface area contributed by atoms with E-state index >= 15 is 0 Å². The Morgan fingerprint density at radius 1 is 1.43 bits per heavy atom. The summed E-state index contributed by atoms with van der Waals surface area (Å²) in [6, 6.07) is 2.44. The molecular weight excluding hydrogens is 281 g/mol. The maximum Gasteiger partial charge on any atom is 0.340 e. The Hall–Kier alpha value is -2.97. The first-order valence-corrected chi connectivity index (χ1v) is 5.93. The predicted octanol–water partition coefficient (Wildman–Crippen LogP) is 1.52. The normalized spacial score (nSPS) is 11.7. The van der Waals surface area contributed by atoms with E-state index in [1.54, 1.807) is 6.92 Å². The van der Waals surface area contributed by atoms with Gasteiger partial charge in [-0.05, 0) is 19.1 Å². The molecule has 110 valence electrons. The van der Waals surface area contributed by atoms with Gasteiger partial charge in [0.1, 0.15) is 23.5 Å². The molecule has 1 heterocycles. The quantitative estimate of drug-likeness (QED) is 0.681. The van der Waals surface area contributed by atoms with Crippen molar-refractivity contribution in [2.75, 3.05) is 5.32 Å². The fourth-order valence-electron chi connectivity index (χ4n) is 1.69. The summed E-state index contributed by atoms with van der Waals surface area (Å²) in [5, 5.41) is 20.0. The molecule has 0 radical (unpaired) electrons. The maximum absolute atomic E-state index is 13.5. The molecule has 4 N–H and O–H groups in total. The third-order valence-corrected chi connectivity index (χ3v) is 2.67. The van der Waals surface area contributed by atoms with Gasteiger partial charge < -0.3 is 15.7 Å². The van der Waals surface area contributed by atoms with E-state index in [0.29, 0.717) is 5.82 Å². The minimum Gasteiger partial charge on any atom is -0.478 e. The number of amides is 2. The van der Waals surface area contributed by atoms with E-state index in [-0.39, 0.29) is 5.69 Å². The molecule has 2 amide bonds. The summed E-state index contributed by atoms with van der Waals surface area (Å²) in [7, 11) is 0. The Kier molecular flexibility index (Phi) is 4.12. The number of aromatic nitrogens is 3. The molecule has 0 spiro atoms. The zero-order chi connectivity index (χ0) is 15.4. The van der Waals surface area contributed by atoms with Gasteiger partial charge in [0.05, 0.1) is 11.7 Å². The van der Waals surface area contributed by atoms with E-state index < -0.39 is 29.4 Å². The molecule has 1 unspecified atom stereocenters. The Bertz CT molecular complexity index is 659. The smallest absolute Gasteiger partial charge is 0.340 e. The van der Waals surface area contributed by atoms with Crippen molar-refractivity contribution >= 4 is 17.7 Å². The minimum atomic E-state index is -1.47. The van der Waals surface area contributed by atoms with E-state index in [0.717, 1.165) is 6.07 Å². The van der Waals surface area contributed by atoms with Gasteiger partial charge in [0.25, 0.3) is 0 Å². The Balaban J connectivity index is 2.10. The van der Waals surface area contributed by atoms with Crippen molar-refractivity contribution in [3.63, 3.8) is 0 Å². The molecular formula is C12H12FN5O3. The van der Waals surface area contributed by atoms with Gasteiger partial charge in [-0.2, -0.15) is 5.10 Å². The largest absolute Gasteiger partial charge is 0.478 e. The predicted molar refractivity (Wildman–Crippen MR) is 70.3 cm³/mol. The van der Waals surface area contributed by atoms with Gasteiger partial charge >= 0.3 is 12.0 Å². The summed E-state index contributed by atoms with van der Waals surface area (Å²) >= 11 is 0. The average molecular weight is 293 g/mol. The zero-order valence-corrected chi connectivity index (χ0v) is 10.9. The van der Waals surface area contributed by atoms with Gasteiger partial charge in [-0.3, -0.25) is 5.10 Å². The fourth-order valence-corrected chi connectivity index (χ4v) is 1.69. The van der Waals surface area contributed by atoms with Crippen LogP contribution in [0.5, 0.6) is 0 Å². The number of halogens is 1. The number of nitrogens with zero attached hydrogens (tertiary/aromatic N) is 2. The number of carboxylic acid groups (broad SMARTS) is 1. The number of hydrogen-bond donors (Lipinski definition) is 4. The summed E-state index contributed by atoms with van der Waals surface area (Å²) in [6.45, 7) is 1.66. The molecule has 21 heavy (non-hydrogen) atoms. The van der Waals surface area contributed by atoms with Crippen molar-refractivity contribution in [2.24, 2.45) is 0 Å². The number of carbonyl (C=O) groups excluding carboxylic acids is 1. The second kappa shape index (κ2) is 5.99. The second-order valence-corrected chi connectivity index (χ2v) is 4.16. The van der Waals surface area contributed by atoms with Gasteiger partial charge in [-0.25, -0.2) is 19.0 Å². The molecule has 1 aromatic carbocycles. The monoisotopic (exact) mass is 293 g/mol. The molecule has 0 bridgehead atoms. The lowest BCUT2D eigenvalue weighted by Gasteiger charge is -2.13. The number of hydrogen-bond acceptors (Lipinski definition) is 4. The van der Waals surface area contributed by atoms with Crippen LogP contribution in [0.15, 0.2) is 24.5 Å². The zero-order valence-electron chi connectivity index (χ0n) is 10.9. The van der Waals surface area contributed by atoms with Crippen molar-refractivity contribution < 1.29 is 19.1 Å². The molecule has 0 aliphatic rings. The van der Waals surface area contributed by atoms with Gasteiger partial charge in [0, 0.05) is 0 Å². The lowest BCUT2D eigenvalue weighted by Crippen LogP contribution is -2.32. The first kappa shape index (κ1) is 14.4. The van der Waals surface area contributed by atoms with Crippen LogP contribution in [-0.4, -0.2) is 32.3 Å². The lowest BCUT2D eigenvalue weighted by atomic mass is 10.1. The minimum absolute atomic E-state index is 0.134. The van der Waals surface area contributed by atoms with E-state index in [4.69, 9.17) is 5.11 Å². The second-order valence-electron chi connectivity index (χ2n) is 4.16. The Morgan fingerprint density at radius 3 is 2.81 bits per heavy atom. The summed E-state index contributed by atoms with van der Waals surface area (Å²) in [4.78, 5) is 26.7. The third kappa shape index (κ3) is 3.32. The highest BCUT2D eigenvalue weighted by molar-refractivity contribution is 6.00. The SMILES string of the molecule is CC(NC(=O)Nc1cccc(F)c1C(=O)O)c1ncn[nH]1. The molecule has 0 fully saturated rings. The molecule has 9 heteroatoms. The molecule has 2 rings (SSSR count). The van der Waals surface area contributed by atoms with Crippen LogP contribution in [0.2, 0.25) is 0 Å². The number of aromatic carboxylic acids is 1. The first-order valence-electron chi connectivity index (χ1n) is 5.93. The highest BCUT2D eigenvalue weighted by Crippen LogP contribution is 2.19. The Labute approximate surface area is 118 Å². The van der Waals surface area contributed by atoms with Crippen LogP contribution in [0.25, 0.3) is 0 Å². The number of rotatable bonds is 4. The van der Waals surface area contributed by atoms with E-state index in [9.17, 15) is 14.0 Å². The number of carboxylic acids is 1. The molecule has 0 saturated carbocycles. The number of H-pyrrole nitrogens is 1. The fraction of sp³-hybridized carbons (Fsp3) is 0.167. The van der Waals surface area contributed by atoms with Crippen molar-refractivity contribution in [1.29, 1.82) is 0 Å². The van der Waals surface area contributed by atoms with Crippen LogP contribution >= 0.6 is 0 Å². The van der Waals surface area contributed by atoms with Crippen LogP contribution in [0.4, 0.5) is 14.9 Å². The molecule has 1 aromatic heterocycles. The first-order chi connectivity index (χ1) is 9.99. The van der Waals surface area contributed by atoms with E-state index in [1.807, 2.05) is 0 Å². The van der Waals surface area contributed by atoms with Gasteiger partial charge in [0.2, 0.25) is 0 Å². The topological polar surface area (TPSA) is 120 Å². The molecule has 8 nitrogen and oxygen atoms in total. The van der Waals surface area contributed by atoms with Crippen molar-refractivity contribution in [3.05, 3.63) is 41.7 Å². The third-order valence-electron chi connectivity index (χ3n) is 2.67. The number of urea groups is 1. The number of nitrogens with one attached hydrogen (secondary N) is 3. The molecule has 1 atom stereocenters. The number of benzene rings is 1. The highest BCUT2D eigenvalue weighted by atomic mass is 19.1. The van der Waals surface area contributed by atoms with Crippen LogP contribution in [0, 0.1) is 5.82 Å². The number of carbonyl (C=O) groups is 2. The molecule has 0 aliphatic heterocycles. The maximum atomic E-state index is 13.5. The summed E-state index contributed by atoms with van der Waals surface area (Å²) in [5.41, 5.74) is -0.732. The van der Waals surface area contributed by atoms with Crippen LogP contribution in [-0.2, 0) is 0 Å². The number of anilines is 1. The molecule has 0 saturated heterocycles. The standard InChI is InChI=1S/C12H12FN5O3/c1-6(10-14-5-15-18-10)16-12(21)17-8-4-2-3-7(13)9(8)11(19)20/h2-6H,1H3,(H,19,20)(H,14,15,18)(H2,16,17,21). The molecule has 0 aliphatic carbocycles. The lowest BCUT2D eigenvalue weighted by molar-refractivity contribution is 0.0693. The molecule has 2 aromatic rings. The van der Waals surface area contributed by atoms with E-state index in [2.05, 4.69) is 25.8 Å². The van der Waals surface area contributed by atoms with Gasteiger partial charge in [0.15, 0.2) is 0 Å². The van der Waals surface area contributed by atoms with E-state index in [1.165, 1.54) is 18.5 Å². The average Bonchev–Trinajstić information content (AvgIpc) is 2.91. The van der Waals surface area contributed by atoms with Crippen molar-refractivity contribution in [1.82, 2.24) is 20.5 Å². The van der Waals surface area contributed by atoms with Crippen LogP contribution < -0.4 is 10.6 Å². The Morgan fingerprint density at radius 2 is 2.19 bits per heavy atom. The van der Waals surface area contributed by atoms with Crippen LogP contribution in [0.3, 0.4) is 0 Å². The van der Waals surface area contributed by atoms with Crippen LogP contribution in [0.1, 0.15) is 29.1 Å². The van der Waals surface area contributed by atoms with Crippen molar-refractivity contribution in [2.45, 2.75) is 13.0 Å². The number of aromatic amines is 1. The van der Waals surface area contributed by atoms with Crippen molar-refractivity contribution in [3.8, 4) is 0 Å². The van der Waals surface area contributed by atoms with Gasteiger partial charge in [-0.15, -0.1) is 0 Å². The highest BCUT2D eigenvalue weighted by Gasteiger charge is 2.18. The summed E-state index contributed by atoms with van der Waals surface area (Å²) < 4.78 is 13.5.